The van der Waals surface area contributed by atoms with Gasteiger partial charge >= 0.3 is 6.09 Å². The second-order valence-corrected chi connectivity index (χ2v) is 10.4. The first-order chi connectivity index (χ1) is 15.7. The van der Waals surface area contributed by atoms with Crippen molar-refractivity contribution in [3.05, 3.63) is 29.8 Å². The number of ether oxygens (including phenoxy) is 3. The number of benzene rings is 1. The molecular formula is C24H42N2O6S. The molecule has 1 rings (SSSR count). The van der Waals surface area contributed by atoms with Crippen LogP contribution in [0.3, 0.4) is 0 Å². The lowest BCUT2D eigenvalue weighted by molar-refractivity contribution is -0.138. The second-order valence-electron chi connectivity index (χ2n) is 8.34. The summed E-state index contributed by atoms with van der Waals surface area (Å²) in [6, 6.07) is 6.70. The Morgan fingerprint density at radius 1 is 1.09 bits per heavy atom. The third kappa shape index (κ3) is 10.9. The monoisotopic (exact) mass is 486 g/mol. The van der Waals surface area contributed by atoms with Gasteiger partial charge in [-0.15, -0.1) is 0 Å². The fraction of sp³-hybridized carbons (Fsp3) is 0.708. The molecule has 0 spiro atoms. The fourth-order valence-electron chi connectivity index (χ4n) is 3.58. The summed E-state index contributed by atoms with van der Waals surface area (Å²) < 4.78 is 42.8. The topological polar surface area (TPSA) is 117 Å². The molecule has 0 aliphatic rings. The minimum atomic E-state index is -3.64. The normalized spacial score (nSPS) is 14.6. The van der Waals surface area contributed by atoms with Crippen molar-refractivity contribution in [1.82, 2.24) is 5.32 Å². The molecule has 0 saturated heterocycles. The molecule has 3 N–H and O–H groups in total. The summed E-state index contributed by atoms with van der Waals surface area (Å²) in [6.07, 6.45) is -0.0423. The average Bonchev–Trinajstić information content (AvgIpc) is 2.77. The summed E-state index contributed by atoms with van der Waals surface area (Å²) in [7, 11) is -3.64. The predicted octanol–water partition coefficient (Wildman–Crippen LogP) is 3.66. The van der Waals surface area contributed by atoms with Gasteiger partial charge in [-0.1, -0.05) is 31.5 Å². The molecule has 8 nitrogen and oxygen atoms in total. The summed E-state index contributed by atoms with van der Waals surface area (Å²) in [4.78, 5) is 12.8. The van der Waals surface area contributed by atoms with Crippen molar-refractivity contribution in [2.75, 3.05) is 32.1 Å². The van der Waals surface area contributed by atoms with Crippen LogP contribution in [0.4, 0.5) is 4.79 Å². The van der Waals surface area contributed by atoms with E-state index in [4.69, 9.17) is 19.9 Å². The first-order valence-corrected chi connectivity index (χ1v) is 13.5. The highest BCUT2D eigenvalue weighted by atomic mass is 32.2. The predicted molar refractivity (Wildman–Crippen MR) is 130 cm³/mol. The van der Waals surface area contributed by atoms with E-state index in [2.05, 4.69) is 5.32 Å². The third-order valence-electron chi connectivity index (χ3n) is 5.53. The molecule has 190 valence electrons. The van der Waals surface area contributed by atoms with Gasteiger partial charge in [-0.2, -0.15) is 0 Å². The first kappa shape index (κ1) is 29.4. The molecule has 3 atom stereocenters. The van der Waals surface area contributed by atoms with E-state index in [9.17, 15) is 13.2 Å². The molecule has 9 heteroatoms. The molecule has 3 unspecified atom stereocenters. The maximum atomic E-state index is 13.1. The molecule has 0 fully saturated rings. The van der Waals surface area contributed by atoms with E-state index in [1.807, 2.05) is 34.6 Å². The fourth-order valence-corrected chi connectivity index (χ4v) is 5.09. The van der Waals surface area contributed by atoms with Gasteiger partial charge in [0.2, 0.25) is 0 Å². The van der Waals surface area contributed by atoms with Crippen molar-refractivity contribution in [3.63, 3.8) is 0 Å². The van der Waals surface area contributed by atoms with E-state index in [0.29, 0.717) is 39.0 Å². The Balaban J connectivity index is 2.91. The zero-order valence-electron chi connectivity index (χ0n) is 20.7. The zero-order chi connectivity index (χ0) is 24.9. The van der Waals surface area contributed by atoms with Crippen LogP contribution in [0, 0.1) is 18.8 Å². The van der Waals surface area contributed by atoms with E-state index in [1.54, 1.807) is 24.3 Å². The van der Waals surface area contributed by atoms with Gasteiger partial charge in [-0.25, -0.2) is 13.2 Å². The number of sulfone groups is 1. The van der Waals surface area contributed by atoms with Crippen LogP contribution in [0.15, 0.2) is 29.2 Å². The van der Waals surface area contributed by atoms with Crippen LogP contribution in [0.25, 0.3) is 0 Å². The Kier molecular flexibility index (Phi) is 13.6. The molecule has 0 aliphatic carbocycles. The highest BCUT2D eigenvalue weighted by Crippen LogP contribution is 2.25. The number of carbonyl (C=O) groups excluding carboxylic acids is 1. The largest absolute Gasteiger partial charge is 0.445 e. The van der Waals surface area contributed by atoms with Crippen LogP contribution in [0.1, 0.15) is 52.5 Å². The Labute approximate surface area is 199 Å². The van der Waals surface area contributed by atoms with Crippen LogP contribution in [0.5, 0.6) is 0 Å². The van der Waals surface area contributed by atoms with Crippen LogP contribution >= 0.6 is 0 Å². The Hall–Kier alpha value is -1.68. The van der Waals surface area contributed by atoms with Crippen molar-refractivity contribution < 1.29 is 27.4 Å². The Morgan fingerprint density at radius 3 is 2.21 bits per heavy atom. The number of rotatable bonds is 16. The Morgan fingerprint density at radius 2 is 1.70 bits per heavy atom. The van der Waals surface area contributed by atoms with Gasteiger partial charge < -0.3 is 25.3 Å². The van der Waals surface area contributed by atoms with Crippen LogP contribution in [-0.2, 0) is 24.0 Å². The minimum absolute atomic E-state index is 0.130. The number of carbonyl (C=O) groups is 1. The summed E-state index contributed by atoms with van der Waals surface area (Å²) in [5, 5.41) is 2.70. The number of hydrogen-bond acceptors (Lipinski definition) is 7. The summed E-state index contributed by atoms with van der Waals surface area (Å²) in [5.74, 6) is -0.224. The van der Waals surface area contributed by atoms with E-state index in [0.717, 1.165) is 5.56 Å². The molecule has 1 amide bonds. The molecule has 0 saturated carbocycles. The molecule has 0 aliphatic heterocycles. The zero-order valence-corrected chi connectivity index (χ0v) is 21.5. The third-order valence-corrected chi connectivity index (χ3v) is 7.29. The molecule has 33 heavy (non-hydrogen) atoms. The minimum Gasteiger partial charge on any atom is -0.445 e. The van der Waals surface area contributed by atoms with Crippen molar-refractivity contribution in [3.8, 4) is 0 Å². The number of alkyl carbamates (subject to hydrolysis) is 1. The van der Waals surface area contributed by atoms with Gasteiger partial charge in [0.15, 0.2) is 16.1 Å². The maximum absolute atomic E-state index is 13.1. The quantitative estimate of drug-likeness (QED) is 0.342. The first-order valence-electron chi connectivity index (χ1n) is 11.8. The van der Waals surface area contributed by atoms with Crippen molar-refractivity contribution in [2.24, 2.45) is 17.6 Å². The van der Waals surface area contributed by atoms with Crippen LogP contribution in [-0.4, -0.2) is 59.0 Å². The molecule has 0 bridgehead atoms. The standard InChI is InChI=1S/C24H42N2O6S/c1-6-20(15-19(5)16-25)22(17-33(28,29)21-11-9-18(4)10-12-21)32-24(27)26-14-13-23(30-7-2)31-8-3/h9-12,19-20,22-23H,6-8,13-17,25H2,1-5H3,(H,26,27). The van der Waals surface area contributed by atoms with Gasteiger partial charge in [0, 0.05) is 26.2 Å². The lowest BCUT2D eigenvalue weighted by Crippen LogP contribution is -2.39. The molecule has 0 aromatic heterocycles. The van der Waals surface area contributed by atoms with Crippen LogP contribution < -0.4 is 11.1 Å². The maximum Gasteiger partial charge on any atom is 0.407 e. The molecular weight excluding hydrogens is 444 g/mol. The number of nitrogens with one attached hydrogen (secondary N) is 1. The van der Waals surface area contributed by atoms with Gasteiger partial charge in [0.25, 0.3) is 0 Å². The molecule has 0 radical (unpaired) electrons. The summed E-state index contributed by atoms with van der Waals surface area (Å²) in [5.41, 5.74) is 6.76. The number of amides is 1. The van der Waals surface area contributed by atoms with Gasteiger partial charge in [0.1, 0.15) is 6.10 Å². The number of hydrogen-bond donors (Lipinski definition) is 2. The lowest BCUT2D eigenvalue weighted by Gasteiger charge is -2.28. The Bertz CT molecular complexity index is 779. The average molecular weight is 487 g/mol. The van der Waals surface area contributed by atoms with E-state index < -0.39 is 28.3 Å². The van der Waals surface area contributed by atoms with Crippen molar-refractivity contribution >= 4 is 15.9 Å². The second kappa shape index (κ2) is 15.3. The van der Waals surface area contributed by atoms with Gasteiger partial charge in [0.05, 0.1) is 10.6 Å². The lowest BCUT2D eigenvalue weighted by atomic mass is 9.89. The molecule has 1 aromatic rings. The highest BCUT2D eigenvalue weighted by molar-refractivity contribution is 7.91. The van der Waals surface area contributed by atoms with Gasteiger partial charge in [-0.05, 0) is 64.1 Å². The van der Waals surface area contributed by atoms with E-state index >= 15 is 0 Å². The summed E-state index contributed by atoms with van der Waals surface area (Å²) >= 11 is 0. The molecule has 1 aromatic carbocycles. The highest BCUT2D eigenvalue weighted by Gasteiger charge is 2.31. The molecule has 0 heterocycles. The van der Waals surface area contributed by atoms with Crippen molar-refractivity contribution in [1.29, 1.82) is 0 Å². The smallest absolute Gasteiger partial charge is 0.407 e. The van der Waals surface area contributed by atoms with Crippen molar-refractivity contribution in [2.45, 2.75) is 71.2 Å². The number of aryl methyl sites for hydroxylation is 1. The van der Waals surface area contributed by atoms with E-state index in [1.165, 1.54) is 0 Å². The van der Waals surface area contributed by atoms with Crippen LogP contribution in [0.2, 0.25) is 0 Å². The summed E-state index contributed by atoms with van der Waals surface area (Å²) in [6.45, 7) is 11.4. The van der Waals surface area contributed by atoms with E-state index in [-0.39, 0.29) is 29.0 Å². The number of nitrogens with two attached hydrogens (primary N) is 1. The SMILES string of the molecule is CCOC(CCNC(=O)OC(CS(=O)(=O)c1ccc(C)cc1)C(CC)CC(C)CN)OCC. The van der Waals surface area contributed by atoms with Gasteiger partial charge in [-0.3, -0.25) is 0 Å².